The average Bonchev–Trinajstić information content (AvgIpc) is 2.82. The minimum atomic E-state index is -0.140. The summed E-state index contributed by atoms with van der Waals surface area (Å²) in [4.78, 5) is 0. The summed E-state index contributed by atoms with van der Waals surface area (Å²) in [5.41, 5.74) is 2.26. The first kappa shape index (κ1) is 13.6. The Kier molecular flexibility index (Phi) is 3.99. The molecule has 19 heavy (non-hydrogen) atoms. The van der Waals surface area contributed by atoms with Crippen molar-refractivity contribution in [2.45, 2.75) is 5.38 Å². The van der Waals surface area contributed by atoms with Crippen molar-refractivity contribution in [1.29, 1.82) is 0 Å². The predicted molar refractivity (Wildman–Crippen MR) is 91.4 cm³/mol. The number of benzene rings is 2. The van der Waals surface area contributed by atoms with Gasteiger partial charge in [-0.2, -0.15) is 0 Å². The van der Waals surface area contributed by atoms with Crippen molar-refractivity contribution in [3.8, 4) is 0 Å². The molecule has 0 aliphatic heterocycles. The molecule has 3 rings (SSSR count). The summed E-state index contributed by atoms with van der Waals surface area (Å²) >= 11 is 15.5. The Bertz CT molecular complexity index is 736. The van der Waals surface area contributed by atoms with Crippen LogP contribution in [0.1, 0.15) is 16.5 Å². The van der Waals surface area contributed by atoms with Crippen LogP contribution in [-0.4, -0.2) is 0 Å². The smallest absolute Gasteiger partial charge is 0.0860 e. The van der Waals surface area contributed by atoms with Gasteiger partial charge in [-0.15, -0.1) is 22.9 Å². The van der Waals surface area contributed by atoms with Gasteiger partial charge in [-0.1, -0.05) is 56.1 Å². The minimum Gasteiger partial charge on any atom is -0.143 e. The number of thiophene rings is 1. The number of hydrogen-bond donors (Lipinski definition) is 0. The maximum absolute atomic E-state index is 6.67. The lowest BCUT2D eigenvalue weighted by atomic mass is 10.0. The first-order chi connectivity index (χ1) is 9.16. The van der Waals surface area contributed by atoms with Gasteiger partial charge in [0.15, 0.2) is 0 Å². The summed E-state index contributed by atoms with van der Waals surface area (Å²) in [5.74, 6) is 0. The molecule has 1 heterocycles. The van der Waals surface area contributed by atoms with E-state index >= 15 is 0 Å². The maximum Gasteiger partial charge on any atom is 0.0860 e. The van der Waals surface area contributed by atoms with Crippen molar-refractivity contribution in [1.82, 2.24) is 0 Å². The number of halogens is 3. The second-order valence-corrected chi connectivity index (χ2v) is 7.33. The van der Waals surface area contributed by atoms with E-state index < -0.39 is 0 Å². The molecule has 0 nitrogen and oxygen atoms in total. The number of alkyl halides is 1. The Labute approximate surface area is 137 Å². The summed E-state index contributed by atoms with van der Waals surface area (Å²) in [6.07, 6.45) is 0. The van der Waals surface area contributed by atoms with Gasteiger partial charge in [-0.05, 0) is 40.1 Å². The van der Waals surface area contributed by atoms with E-state index in [1.807, 2.05) is 12.1 Å². The van der Waals surface area contributed by atoms with Crippen molar-refractivity contribution < 1.29 is 0 Å². The lowest BCUT2D eigenvalue weighted by molar-refractivity contribution is 1.15. The van der Waals surface area contributed by atoms with Crippen molar-refractivity contribution in [2.75, 3.05) is 0 Å². The molecule has 0 spiro atoms. The highest BCUT2D eigenvalue weighted by Gasteiger charge is 2.17. The van der Waals surface area contributed by atoms with Gasteiger partial charge in [0.25, 0.3) is 0 Å². The third kappa shape index (κ3) is 2.62. The Morgan fingerprint density at radius 3 is 2.58 bits per heavy atom. The fourth-order valence-electron chi connectivity index (χ4n) is 2.07. The third-order valence-corrected chi connectivity index (χ3v) is 5.65. The van der Waals surface area contributed by atoms with Crippen molar-refractivity contribution >= 4 is 64.9 Å². The standard InChI is InChI=1S/C15H9Br2ClS/c16-9-5-6-11(13(17)7-9)15(18)12-8-19-14-4-2-1-3-10(12)14/h1-8,15H. The summed E-state index contributed by atoms with van der Waals surface area (Å²) < 4.78 is 3.34. The van der Waals surface area contributed by atoms with Crippen molar-refractivity contribution in [3.63, 3.8) is 0 Å². The number of rotatable bonds is 2. The van der Waals surface area contributed by atoms with Gasteiger partial charge >= 0.3 is 0 Å². The maximum atomic E-state index is 6.67. The molecule has 0 fully saturated rings. The first-order valence-electron chi connectivity index (χ1n) is 5.72. The topological polar surface area (TPSA) is 0 Å². The highest BCUT2D eigenvalue weighted by Crippen LogP contribution is 2.40. The predicted octanol–water partition coefficient (Wildman–Crippen LogP) is 6.75. The number of fused-ring (bicyclic) bond motifs is 1. The molecule has 0 amide bonds. The molecule has 1 unspecified atom stereocenters. The second kappa shape index (κ2) is 5.57. The van der Waals surface area contributed by atoms with E-state index in [1.165, 1.54) is 15.6 Å². The van der Waals surface area contributed by atoms with E-state index in [0.29, 0.717) is 0 Å². The molecule has 0 N–H and O–H groups in total. The SMILES string of the molecule is ClC(c1ccc(Br)cc1Br)c1csc2ccccc12. The molecule has 0 saturated heterocycles. The number of hydrogen-bond acceptors (Lipinski definition) is 1. The Morgan fingerprint density at radius 2 is 1.79 bits per heavy atom. The summed E-state index contributed by atoms with van der Waals surface area (Å²) in [6, 6.07) is 14.5. The average molecular weight is 417 g/mol. The van der Waals surface area contributed by atoms with Gasteiger partial charge in [0.05, 0.1) is 5.38 Å². The van der Waals surface area contributed by atoms with Gasteiger partial charge in [0.2, 0.25) is 0 Å². The van der Waals surface area contributed by atoms with Crippen LogP contribution in [0.3, 0.4) is 0 Å². The first-order valence-corrected chi connectivity index (χ1v) is 8.62. The molecule has 3 aromatic rings. The Balaban J connectivity index is 2.10. The van der Waals surface area contributed by atoms with Crippen LogP contribution in [0.25, 0.3) is 10.1 Å². The molecular formula is C15H9Br2ClS. The van der Waals surface area contributed by atoms with Crippen LogP contribution < -0.4 is 0 Å². The zero-order valence-corrected chi connectivity index (χ0v) is 14.5. The van der Waals surface area contributed by atoms with Gasteiger partial charge in [-0.25, -0.2) is 0 Å². The zero-order chi connectivity index (χ0) is 13.4. The fourth-order valence-corrected chi connectivity index (χ4v) is 4.91. The van der Waals surface area contributed by atoms with Gasteiger partial charge in [-0.3, -0.25) is 0 Å². The van der Waals surface area contributed by atoms with Gasteiger partial charge in [0.1, 0.15) is 0 Å². The summed E-state index contributed by atoms with van der Waals surface area (Å²) in [5, 5.41) is 3.25. The molecule has 2 aromatic carbocycles. The van der Waals surface area contributed by atoms with Gasteiger partial charge in [0, 0.05) is 13.6 Å². The molecule has 1 aromatic heterocycles. The van der Waals surface area contributed by atoms with E-state index in [4.69, 9.17) is 11.6 Å². The molecule has 0 aliphatic rings. The lowest BCUT2D eigenvalue weighted by Crippen LogP contribution is -1.93. The third-order valence-electron chi connectivity index (χ3n) is 3.02. The fraction of sp³-hybridized carbons (Fsp3) is 0.0667. The van der Waals surface area contributed by atoms with E-state index in [0.717, 1.165) is 14.5 Å². The monoisotopic (exact) mass is 414 g/mol. The highest BCUT2D eigenvalue weighted by atomic mass is 79.9. The second-order valence-electron chi connectivity index (χ2n) is 4.22. The lowest BCUT2D eigenvalue weighted by Gasteiger charge is -2.12. The van der Waals surface area contributed by atoms with Crippen LogP contribution in [-0.2, 0) is 0 Å². The molecule has 0 saturated carbocycles. The zero-order valence-electron chi connectivity index (χ0n) is 9.74. The van der Waals surface area contributed by atoms with Crippen LogP contribution >= 0.6 is 54.8 Å². The quantitative estimate of drug-likeness (QED) is 0.405. The molecule has 0 aliphatic carbocycles. The van der Waals surface area contributed by atoms with Crippen LogP contribution in [0.15, 0.2) is 56.8 Å². The highest BCUT2D eigenvalue weighted by molar-refractivity contribution is 9.11. The summed E-state index contributed by atoms with van der Waals surface area (Å²) in [7, 11) is 0. The molecule has 4 heteroatoms. The van der Waals surface area contributed by atoms with Crippen molar-refractivity contribution in [3.05, 3.63) is 67.9 Å². The van der Waals surface area contributed by atoms with E-state index in [2.05, 4.69) is 67.6 Å². The van der Waals surface area contributed by atoms with E-state index in [9.17, 15) is 0 Å². The molecular weight excluding hydrogens is 407 g/mol. The molecule has 0 radical (unpaired) electrons. The minimum absolute atomic E-state index is 0.140. The molecule has 96 valence electrons. The Morgan fingerprint density at radius 1 is 1.00 bits per heavy atom. The van der Waals surface area contributed by atoms with Gasteiger partial charge < -0.3 is 0 Å². The van der Waals surface area contributed by atoms with Crippen LogP contribution in [0.4, 0.5) is 0 Å². The largest absolute Gasteiger partial charge is 0.143 e. The normalized spacial score (nSPS) is 12.8. The van der Waals surface area contributed by atoms with Crippen LogP contribution in [0.5, 0.6) is 0 Å². The van der Waals surface area contributed by atoms with E-state index in [-0.39, 0.29) is 5.38 Å². The molecule has 0 bridgehead atoms. The molecule has 1 atom stereocenters. The van der Waals surface area contributed by atoms with Crippen molar-refractivity contribution in [2.24, 2.45) is 0 Å². The van der Waals surface area contributed by atoms with Crippen LogP contribution in [0.2, 0.25) is 0 Å². The van der Waals surface area contributed by atoms with Crippen LogP contribution in [0, 0.1) is 0 Å². The Hall–Kier alpha value is -0.350. The summed E-state index contributed by atoms with van der Waals surface area (Å²) in [6.45, 7) is 0. The van der Waals surface area contributed by atoms with E-state index in [1.54, 1.807) is 11.3 Å².